The van der Waals surface area contributed by atoms with Crippen molar-refractivity contribution >= 4 is 29.8 Å². The monoisotopic (exact) mass is 611 g/mol. The van der Waals surface area contributed by atoms with Crippen LogP contribution < -0.4 is 16.0 Å². The third-order valence-electron chi connectivity index (χ3n) is 7.31. The van der Waals surface area contributed by atoms with E-state index in [0.717, 1.165) is 22.3 Å². The molecule has 8 nitrogen and oxygen atoms in total. The van der Waals surface area contributed by atoms with E-state index in [1.807, 2.05) is 62.4 Å². The minimum Gasteiger partial charge on any atom is -0.480 e. The number of allylic oxidation sites excluding steroid dienone is 4. The van der Waals surface area contributed by atoms with E-state index in [2.05, 4.69) is 35.7 Å². The molecule has 8 heteroatoms. The number of carbonyl (C=O) groups excluding carboxylic acids is 3. The second-order valence-corrected chi connectivity index (χ2v) is 11.0. The summed E-state index contributed by atoms with van der Waals surface area (Å²) in [4.78, 5) is 52.7. The van der Waals surface area contributed by atoms with Crippen LogP contribution in [0.15, 0.2) is 104 Å². The molecule has 0 bridgehead atoms. The van der Waals surface area contributed by atoms with Gasteiger partial charge in [0.25, 0.3) is 0 Å². The Hall–Kier alpha value is -4.98. The first-order valence-corrected chi connectivity index (χ1v) is 14.9. The Morgan fingerprint density at radius 3 is 1.87 bits per heavy atom. The molecule has 45 heavy (non-hydrogen) atoms. The normalized spacial score (nSPS) is 13.8. The van der Waals surface area contributed by atoms with Crippen LogP contribution in [0, 0.1) is 6.92 Å². The summed E-state index contributed by atoms with van der Waals surface area (Å²) in [6.45, 7) is 19.0. The second kappa shape index (κ2) is 18.0. The molecule has 0 fully saturated rings. The topological polar surface area (TPSA) is 125 Å². The van der Waals surface area contributed by atoms with Gasteiger partial charge in [0, 0.05) is 19.3 Å². The number of hydrogen-bond acceptors (Lipinski definition) is 4. The number of hydrogen-bond donors (Lipinski definition) is 4. The highest BCUT2D eigenvalue weighted by atomic mass is 16.4. The van der Waals surface area contributed by atoms with Crippen molar-refractivity contribution in [2.45, 2.75) is 71.0 Å². The highest BCUT2D eigenvalue weighted by Crippen LogP contribution is 2.21. The zero-order valence-corrected chi connectivity index (χ0v) is 26.6. The zero-order chi connectivity index (χ0) is 33.5. The third-order valence-corrected chi connectivity index (χ3v) is 7.31. The molecule has 0 spiro atoms. The van der Waals surface area contributed by atoms with Crippen LogP contribution in [-0.2, 0) is 25.6 Å². The molecule has 2 rings (SSSR count). The minimum atomic E-state index is -1.25. The van der Waals surface area contributed by atoms with Crippen LogP contribution in [0.1, 0.15) is 61.8 Å². The SMILES string of the molecule is C=Cc1ccc(C(C)C(=O)NC(CC(=C)C=CC)C(=O)NC(Cc2ccccc2)C(=O)NC(CC(=C)C=CC)C(=O)O)cc1C. The summed E-state index contributed by atoms with van der Waals surface area (Å²) in [5.41, 5.74) is 4.61. The molecule has 0 heterocycles. The van der Waals surface area contributed by atoms with Crippen LogP contribution in [0.3, 0.4) is 0 Å². The lowest BCUT2D eigenvalue weighted by atomic mass is 9.95. The number of benzene rings is 2. The molecule has 0 aliphatic heterocycles. The van der Waals surface area contributed by atoms with Crippen molar-refractivity contribution in [3.63, 3.8) is 0 Å². The number of amides is 3. The summed E-state index contributed by atoms with van der Waals surface area (Å²) in [6.07, 6.45) is 8.87. The van der Waals surface area contributed by atoms with Gasteiger partial charge in [-0.25, -0.2) is 4.79 Å². The van der Waals surface area contributed by atoms with E-state index in [9.17, 15) is 24.3 Å². The van der Waals surface area contributed by atoms with Gasteiger partial charge < -0.3 is 21.1 Å². The van der Waals surface area contributed by atoms with Gasteiger partial charge in [0.2, 0.25) is 17.7 Å². The van der Waals surface area contributed by atoms with Gasteiger partial charge in [0.1, 0.15) is 18.1 Å². The molecule has 0 saturated heterocycles. The molecule has 0 aromatic heterocycles. The van der Waals surface area contributed by atoms with E-state index >= 15 is 0 Å². The fourth-order valence-electron chi connectivity index (χ4n) is 4.79. The van der Waals surface area contributed by atoms with E-state index in [0.29, 0.717) is 11.1 Å². The molecule has 4 N–H and O–H groups in total. The Morgan fingerprint density at radius 1 is 0.800 bits per heavy atom. The Kier molecular flexibility index (Phi) is 14.5. The predicted molar refractivity (Wildman–Crippen MR) is 180 cm³/mol. The smallest absolute Gasteiger partial charge is 0.326 e. The van der Waals surface area contributed by atoms with Crippen molar-refractivity contribution in [1.29, 1.82) is 0 Å². The lowest BCUT2D eigenvalue weighted by Crippen LogP contribution is -2.56. The zero-order valence-electron chi connectivity index (χ0n) is 26.6. The maximum absolute atomic E-state index is 13.8. The molecular weight excluding hydrogens is 566 g/mol. The molecule has 238 valence electrons. The molecule has 0 radical (unpaired) electrons. The largest absolute Gasteiger partial charge is 0.480 e. The van der Waals surface area contributed by atoms with Crippen molar-refractivity contribution in [1.82, 2.24) is 16.0 Å². The summed E-state index contributed by atoms with van der Waals surface area (Å²) in [6, 6.07) is 11.3. The highest BCUT2D eigenvalue weighted by molar-refractivity contribution is 5.94. The van der Waals surface area contributed by atoms with Crippen molar-refractivity contribution in [2.75, 3.05) is 0 Å². The fourth-order valence-corrected chi connectivity index (χ4v) is 4.79. The maximum Gasteiger partial charge on any atom is 0.326 e. The number of nitrogens with one attached hydrogen (secondary N) is 3. The number of carbonyl (C=O) groups is 4. The fraction of sp³-hybridized carbons (Fsp3) is 0.297. The molecular formula is C37H45N3O5. The van der Waals surface area contributed by atoms with E-state index in [-0.39, 0.29) is 25.2 Å². The molecule has 0 aliphatic rings. The van der Waals surface area contributed by atoms with Crippen LogP contribution in [0.4, 0.5) is 0 Å². The van der Waals surface area contributed by atoms with Crippen LogP contribution in [-0.4, -0.2) is 46.9 Å². The number of aryl methyl sites for hydroxylation is 1. The van der Waals surface area contributed by atoms with Crippen LogP contribution in [0.25, 0.3) is 6.08 Å². The minimum absolute atomic E-state index is 0.00951. The lowest BCUT2D eigenvalue weighted by molar-refractivity contribution is -0.142. The van der Waals surface area contributed by atoms with Gasteiger partial charge in [-0.1, -0.05) is 110 Å². The van der Waals surface area contributed by atoms with Gasteiger partial charge in [-0.2, -0.15) is 0 Å². The lowest BCUT2D eigenvalue weighted by Gasteiger charge is -2.26. The first kappa shape index (κ1) is 36.2. The van der Waals surface area contributed by atoms with E-state index in [1.165, 1.54) is 0 Å². The molecule has 2 aromatic carbocycles. The molecule has 0 saturated carbocycles. The Balaban J connectivity index is 2.35. The average Bonchev–Trinajstić information content (AvgIpc) is 3.00. The van der Waals surface area contributed by atoms with Crippen molar-refractivity contribution < 1.29 is 24.3 Å². The van der Waals surface area contributed by atoms with Crippen LogP contribution in [0.5, 0.6) is 0 Å². The number of carboxylic acids is 1. The molecule has 2 aromatic rings. The molecule has 0 aliphatic carbocycles. The first-order chi connectivity index (χ1) is 21.4. The second-order valence-electron chi connectivity index (χ2n) is 11.0. The Morgan fingerprint density at radius 2 is 1.33 bits per heavy atom. The summed E-state index contributed by atoms with van der Waals surface area (Å²) in [5.74, 6) is -3.43. The summed E-state index contributed by atoms with van der Waals surface area (Å²) >= 11 is 0. The van der Waals surface area contributed by atoms with Gasteiger partial charge in [0.05, 0.1) is 5.92 Å². The van der Waals surface area contributed by atoms with Crippen LogP contribution in [0.2, 0.25) is 0 Å². The van der Waals surface area contributed by atoms with E-state index < -0.39 is 41.8 Å². The number of carboxylic acid groups (broad SMARTS) is 1. The predicted octanol–water partition coefficient (Wildman–Crippen LogP) is 5.57. The third kappa shape index (κ3) is 11.6. The number of aliphatic carboxylic acids is 1. The molecule has 4 atom stereocenters. The van der Waals surface area contributed by atoms with Crippen molar-refractivity contribution in [3.05, 3.63) is 126 Å². The van der Waals surface area contributed by atoms with Crippen molar-refractivity contribution in [3.8, 4) is 0 Å². The molecule has 3 amide bonds. The maximum atomic E-state index is 13.8. The van der Waals surface area contributed by atoms with Crippen molar-refractivity contribution in [2.24, 2.45) is 0 Å². The summed E-state index contributed by atoms with van der Waals surface area (Å²) in [7, 11) is 0. The quantitative estimate of drug-likeness (QED) is 0.174. The summed E-state index contributed by atoms with van der Waals surface area (Å²) in [5, 5.41) is 18.0. The summed E-state index contributed by atoms with van der Waals surface area (Å²) < 4.78 is 0. The van der Waals surface area contributed by atoms with Gasteiger partial charge in [-0.05, 0) is 49.9 Å². The highest BCUT2D eigenvalue weighted by Gasteiger charge is 2.31. The van der Waals surface area contributed by atoms with Gasteiger partial charge >= 0.3 is 5.97 Å². The Bertz CT molecular complexity index is 1460. The van der Waals surface area contributed by atoms with Crippen LogP contribution >= 0.6 is 0 Å². The Labute approximate surface area is 266 Å². The number of rotatable bonds is 17. The average molecular weight is 612 g/mol. The van der Waals surface area contributed by atoms with E-state index in [1.54, 1.807) is 44.2 Å². The van der Waals surface area contributed by atoms with Gasteiger partial charge in [-0.15, -0.1) is 0 Å². The van der Waals surface area contributed by atoms with E-state index in [4.69, 9.17) is 0 Å². The van der Waals surface area contributed by atoms with Gasteiger partial charge in [-0.3, -0.25) is 14.4 Å². The van der Waals surface area contributed by atoms with Gasteiger partial charge in [0.15, 0.2) is 0 Å². The standard InChI is InChI=1S/C37H45N3O5/c1-8-14-24(4)20-31(38-34(41)27(7)30-19-18-29(10-3)26(6)22-30)35(42)39-32(23-28-16-12-11-13-17-28)36(43)40-33(37(44)45)21-25(5)15-9-2/h8-19,22,27,31-33H,3-5,20-21,23H2,1-2,6-7H3,(H,38,41)(H,39,42)(H,40,43)(H,44,45). The first-order valence-electron chi connectivity index (χ1n) is 14.9. The molecule has 4 unspecified atom stereocenters.